The largest absolute Gasteiger partial charge is 0.480 e. The monoisotopic (exact) mass is 352 g/mol. The third-order valence-corrected chi connectivity index (χ3v) is 3.63. The molecular weight excluding hydrogens is 341 g/mol. The molecular formula is C13H12ClF3N2O4. The third-order valence-electron chi connectivity index (χ3n) is 3.36. The van der Waals surface area contributed by atoms with E-state index in [-0.39, 0.29) is 36.9 Å². The summed E-state index contributed by atoms with van der Waals surface area (Å²) < 4.78 is 42.4. The summed E-state index contributed by atoms with van der Waals surface area (Å²) in [6.45, 7) is -0.133. The van der Waals surface area contributed by atoms with Crippen LogP contribution in [0.2, 0.25) is 5.02 Å². The van der Waals surface area contributed by atoms with Gasteiger partial charge in [-0.25, -0.2) is 4.98 Å². The van der Waals surface area contributed by atoms with E-state index in [0.717, 1.165) is 0 Å². The zero-order valence-corrected chi connectivity index (χ0v) is 12.4. The number of carbonyl (C=O) groups is 2. The fourth-order valence-electron chi connectivity index (χ4n) is 1.83. The minimum atomic E-state index is -4.56. The molecule has 1 aromatic rings. The molecule has 0 bridgehead atoms. The van der Waals surface area contributed by atoms with Gasteiger partial charge in [0, 0.05) is 6.20 Å². The van der Waals surface area contributed by atoms with Crippen LogP contribution in [0.25, 0.3) is 0 Å². The Morgan fingerprint density at radius 2 is 2.09 bits per heavy atom. The van der Waals surface area contributed by atoms with E-state index in [1.165, 1.54) is 0 Å². The summed E-state index contributed by atoms with van der Waals surface area (Å²) in [6, 6.07) is 0.687. The van der Waals surface area contributed by atoms with Gasteiger partial charge in [-0.15, -0.1) is 0 Å². The van der Waals surface area contributed by atoms with Crippen LogP contribution >= 0.6 is 11.6 Å². The quantitative estimate of drug-likeness (QED) is 0.604. The molecule has 2 N–H and O–H groups in total. The van der Waals surface area contributed by atoms with Crippen LogP contribution in [0.15, 0.2) is 12.3 Å². The predicted octanol–water partition coefficient (Wildman–Crippen LogP) is 2.11. The molecule has 0 saturated heterocycles. The van der Waals surface area contributed by atoms with Gasteiger partial charge in [0.2, 0.25) is 11.8 Å². The van der Waals surface area contributed by atoms with Gasteiger partial charge >= 0.3 is 12.1 Å². The first-order valence-electron chi connectivity index (χ1n) is 6.54. The Labute approximate surface area is 133 Å². The van der Waals surface area contributed by atoms with Crippen LogP contribution in [-0.4, -0.2) is 35.1 Å². The molecule has 126 valence electrons. The Balaban J connectivity index is 1.83. The van der Waals surface area contributed by atoms with E-state index in [4.69, 9.17) is 21.4 Å². The van der Waals surface area contributed by atoms with Crippen molar-refractivity contribution in [1.82, 2.24) is 10.3 Å². The Kier molecular flexibility index (Phi) is 4.69. The van der Waals surface area contributed by atoms with Crippen molar-refractivity contribution in [3.05, 3.63) is 22.8 Å². The highest BCUT2D eigenvalue weighted by Crippen LogP contribution is 2.46. The van der Waals surface area contributed by atoms with E-state index >= 15 is 0 Å². The summed E-state index contributed by atoms with van der Waals surface area (Å²) in [5.74, 6) is -1.99. The summed E-state index contributed by atoms with van der Waals surface area (Å²) in [6.07, 6.45) is -3.41. The van der Waals surface area contributed by atoms with Gasteiger partial charge in [-0.3, -0.25) is 9.59 Å². The van der Waals surface area contributed by atoms with E-state index in [2.05, 4.69) is 10.3 Å². The molecule has 0 spiro atoms. The lowest BCUT2D eigenvalue weighted by Gasteiger charge is -2.12. The Morgan fingerprint density at radius 1 is 1.43 bits per heavy atom. The Morgan fingerprint density at radius 3 is 2.57 bits per heavy atom. The van der Waals surface area contributed by atoms with Crippen LogP contribution in [0, 0.1) is 5.41 Å². The molecule has 1 heterocycles. The second-order valence-corrected chi connectivity index (χ2v) is 5.41. The second kappa shape index (κ2) is 6.23. The standard InChI is InChI=1S/C13H12ClF3N2O4/c14-8-5-7(13(15,16)17)6-19-9(8)23-4-3-18-10(20)12(1-2-12)11(21)22/h5-6H,1-4H2,(H,18,20)(H,21,22). The van der Waals surface area contributed by atoms with E-state index in [1.807, 2.05) is 0 Å². The maximum Gasteiger partial charge on any atom is 0.417 e. The Bertz CT molecular complexity index is 632. The van der Waals surface area contributed by atoms with Crippen molar-refractivity contribution < 1.29 is 32.6 Å². The maximum absolute atomic E-state index is 12.4. The summed E-state index contributed by atoms with van der Waals surface area (Å²) in [5, 5.41) is 11.0. The molecule has 6 nitrogen and oxygen atoms in total. The first-order chi connectivity index (χ1) is 10.7. The van der Waals surface area contributed by atoms with Crippen molar-refractivity contribution in [3.63, 3.8) is 0 Å². The summed E-state index contributed by atoms with van der Waals surface area (Å²) in [4.78, 5) is 26.1. The normalized spacial score (nSPS) is 15.8. The first kappa shape index (κ1) is 17.3. The molecule has 0 radical (unpaired) electrons. The van der Waals surface area contributed by atoms with Gasteiger partial charge < -0.3 is 15.2 Å². The van der Waals surface area contributed by atoms with E-state index < -0.39 is 29.0 Å². The van der Waals surface area contributed by atoms with Gasteiger partial charge in [0.25, 0.3) is 0 Å². The highest BCUT2D eigenvalue weighted by atomic mass is 35.5. The van der Waals surface area contributed by atoms with Crippen molar-refractivity contribution in [3.8, 4) is 5.88 Å². The molecule has 10 heteroatoms. The number of carbonyl (C=O) groups excluding carboxylic acids is 1. The number of hydrogen-bond donors (Lipinski definition) is 2. The van der Waals surface area contributed by atoms with Crippen LogP contribution < -0.4 is 10.1 Å². The number of hydrogen-bond acceptors (Lipinski definition) is 4. The molecule has 23 heavy (non-hydrogen) atoms. The van der Waals surface area contributed by atoms with Crippen LogP contribution in [-0.2, 0) is 15.8 Å². The van der Waals surface area contributed by atoms with Crippen LogP contribution in [0.4, 0.5) is 13.2 Å². The smallest absolute Gasteiger partial charge is 0.417 e. The minimum absolute atomic E-state index is 0.0209. The van der Waals surface area contributed by atoms with Crippen LogP contribution in [0.3, 0.4) is 0 Å². The van der Waals surface area contributed by atoms with Gasteiger partial charge in [-0.05, 0) is 18.9 Å². The average Bonchev–Trinajstić information content (AvgIpc) is 3.25. The predicted molar refractivity (Wildman–Crippen MR) is 72.1 cm³/mol. The molecule has 0 unspecified atom stereocenters. The van der Waals surface area contributed by atoms with E-state index in [9.17, 15) is 22.8 Å². The lowest BCUT2D eigenvalue weighted by Crippen LogP contribution is -2.38. The highest BCUT2D eigenvalue weighted by molar-refractivity contribution is 6.31. The fourth-order valence-corrected chi connectivity index (χ4v) is 2.05. The molecule has 0 aromatic carbocycles. The number of ether oxygens (including phenoxy) is 1. The average molecular weight is 353 g/mol. The number of carboxylic acids is 1. The lowest BCUT2D eigenvalue weighted by atomic mass is 10.1. The topological polar surface area (TPSA) is 88.5 Å². The molecule has 1 amide bonds. The maximum atomic E-state index is 12.4. The second-order valence-electron chi connectivity index (χ2n) is 5.00. The highest BCUT2D eigenvalue weighted by Gasteiger charge is 2.56. The third kappa shape index (κ3) is 3.84. The number of carboxylic acid groups (broad SMARTS) is 1. The number of pyridine rings is 1. The summed E-state index contributed by atoms with van der Waals surface area (Å²) in [5.41, 5.74) is -2.36. The molecule has 2 rings (SSSR count). The summed E-state index contributed by atoms with van der Waals surface area (Å²) in [7, 11) is 0. The van der Waals surface area contributed by atoms with Crippen LogP contribution in [0.1, 0.15) is 18.4 Å². The van der Waals surface area contributed by atoms with Crippen molar-refractivity contribution in [2.24, 2.45) is 5.41 Å². The van der Waals surface area contributed by atoms with E-state index in [1.54, 1.807) is 0 Å². The van der Waals surface area contributed by atoms with Crippen LogP contribution in [0.5, 0.6) is 5.88 Å². The number of rotatable bonds is 6. The minimum Gasteiger partial charge on any atom is -0.480 e. The fraction of sp³-hybridized carbons (Fsp3) is 0.462. The molecule has 1 saturated carbocycles. The molecule has 1 aliphatic rings. The molecule has 0 atom stereocenters. The Hall–Kier alpha value is -2.03. The number of nitrogens with one attached hydrogen (secondary N) is 1. The zero-order chi connectivity index (χ0) is 17.3. The van der Waals surface area contributed by atoms with Crippen molar-refractivity contribution in [2.45, 2.75) is 19.0 Å². The van der Waals surface area contributed by atoms with Gasteiger partial charge in [-0.2, -0.15) is 13.2 Å². The molecule has 0 aliphatic heterocycles. The van der Waals surface area contributed by atoms with Crippen molar-refractivity contribution in [2.75, 3.05) is 13.2 Å². The molecule has 1 aromatic heterocycles. The van der Waals surface area contributed by atoms with Gasteiger partial charge in [0.1, 0.15) is 17.0 Å². The number of nitrogens with zero attached hydrogens (tertiary/aromatic N) is 1. The summed E-state index contributed by atoms with van der Waals surface area (Å²) >= 11 is 5.65. The van der Waals surface area contributed by atoms with Crippen molar-refractivity contribution in [1.29, 1.82) is 0 Å². The SMILES string of the molecule is O=C(O)C1(C(=O)NCCOc2ncc(C(F)(F)F)cc2Cl)CC1. The molecule has 1 fully saturated rings. The van der Waals surface area contributed by atoms with Crippen molar-refractivity contribution >= 4 is 23.5 Å². The molecule has 1 aliphatic carbocycles. The lowest BCUT2D eigenvalue weighted by molar-refractivity contribution is -0.149. The number of alkyl halides is 3. The van der Waals surface area contributed by atoms with Gasteiger partial charge in [0.05, 0.1) is 12.1 Å². The number of amides is 1. The number of aromatic nitrogens is 1. The van der Waals surface area contributed by atoms with Gasteiger partial charge in [0.15, 0.2) is 0 Å². The number of halogens is 4. The zero-order valence-electron chi connectivity index (χ0n) is 11.6. The van der Waals surface area contributed by atoms with E-state index in [0.29, 0.717) is 12.3 Å². The first-order valence-corrected chi connectivity index (χ1v) is 6.92. The van der Waals surface area contributed by atoms with Gasteiger partial charge in [-0.1, -0.05) is 11.6 Å². The number of aliphatic carboxylic acids is 1.